The van der Waals surface area contributed by atoms with Crippen LogP contribution in [0.2, 0.25) is 0 Å². The first-order valence-electron chi connectivity index (χ1n) is 9.62. The summed E-state index contributed by atoms with van der Waals surface area (Å²) in [4.78, 5) is 37.9. The van der Waals surface area contributed by atoms with E-state index in [4.69, 9.17) is 9.47 Å². The number of nitrogens with zero attached hydrogens (tertiary/aromatic N) is 1. The molecule has 1 aromatic carbocycles. The monoisotopic (exact) mass is 389 g/mol. The van der Waals surface area contributed by atoms with Gasteiger partial charge in [0.1, 0.15) is 18.5 Å². The van der Waals surface area contributed by atoms with E-state index in [2.05, 4.69) is 10.6 Å². The number of hydrogen-bond donors (Lipinski definition) is 2. The molecule has 1 aromatic rings. The smallest absolute Gasteiger partial charge is 0.257 e. The van der Waals surface area contributed by atoms with Gasteiger partial charge in [-0.1, -0.05) is 0 Å². The summed E-state index contributed by atoms with van der Waals surface area (Å²) >= 11 is 0. The Bertz CT molecular complexity index is 766. The Morgan fingerprint density at radius 2 is 2.07 bits per heavy atom. The number of likely N-dealkylation sites (N-methyl/N-ethyl adjacent to an activating group) is 1. The molecule has 0 spiro atoms. The van der Waals surface area contributed by atoms with Crippen LogP contribution in [0.1, 0.15) is 43.5 Å². The molecule has 2 N–H and O–H groups in total. The number of amides is 3. The fraction of sp³-hybridized carbons (Fsp3) is 0.550. The molecule has 2 aliphatic heterocycles. The van der Waals surface area contributed by atoms with E-state index in [9.17, 15) is 14.4 Å². The van der Waals surface area contributed by atoms with E-state index in [1.165, 1.54) is 6.92 Å². The lowest BCUT2D eigenvalue weighted by Gasteiger charge is -2.42. The molecule has 1 saturated heterocycles. The Balaban J connectivity index is 1.77. The number of benzene rings is 1. The van der Waals surface area contributed by atoms with E-state index in [-0.39, 0.29) is 36.0 Å². The van der Waals surface area contributed by atoms with Gasteiger partial charge in [-0.25, -0.2) is 0 Å². The molecule has 2 aliphatic rings. The van der Waals surface area contributed by atoms with Crippen LogP contribution in [-0.4, -0.2) is 61.1 Å². The van der Waals surface area contributed by atoms with E-state index < -0.39 is 0 Å². The number of carbonyl (C=O) groups excluding carboxylic acids is 3. The van der Waals surface area contributed by atoms with Crippen LogP contribution in [0.3, 0.4) is 0 Å². The lowest BCUT2D eigenvalue weighted by Crippen LogP contribution is -2.53. The van der Waals surface area contributed by atoms with Crippen molar-refractivity contribution in [3.63, 3.8) is 0 Å². The summed E-state index contributed by atoms with van der Waals surface area (Å²) in [6.07, 6.45) is 1.27. The van der Waals surface area contributed by atoms with E-state index in [1.54, 1.807) is 30.1 Å². The van der Waals surface area contributed by atoms with Gasteiger partial charge >= 0.3 is 0 Å². The molecule has 0 saturated carbocycles. The Morgan fingerprint density at radius 3 is 2.79 bits per heavy atom. The second-order valence-electron chi connectivity index (χ2n) is 7.22. The van der Waals surface area contributed by atoms with Gasteiger partial charge in [0.2, 0.25) is 11.8 Å². The maximum Gasteiger partial charge on any atom is 0.257 e. The van der Waals surface area contributed by atoms with Gasteiger partial charge < -0.3 is 25.0 Å². The summed E-state index contributed by atoms with van der Waals surface area (Å²) in [7, 11) is 1.76. The zero-order chi connectivity index (χ0) is 20.3. The molecule has 3 amide bonds. The molecule has 1 fully saturated rings. The van der Waals surface area contributed by atoms with Crippen molar-refractivity contribution in [3.8, 4) is 5.75 Å². The predicted octanol–water partition coefficient (Wildman–Crippen LogP) is 1.55. The van der Waals surface area contributed by atoms with E-state index >= 15 is 0 Å². The number of hydrogen-bond acceptors (Lipinski definition) is 5. The lowest BCUT2D eigenvalue weighted by atomic mass is 9.94. The molecule has 0 aromatic heterocycles. The summed E-state index contributed by atoms with van der Waals surface area (Å²) < 4.78 is 12.0. The number of ether oxygens (including phenoxy) is 2. The minimum Gasteiger partial charge on any atom is -0.490 e. The second kappa shape index (κ2) is 8.60. The number of carbonyl (C=O) groups is 3. The molecule has 28 heavy (non-hydrogen) atoms. The second-order valence-corrected chi connectivity index (χ2v) is 7.22. The molecule has 152 valence electrons. The third-order valence-corrected chi connectivity index (χ3v) is 5.12. The summed E-state index contributed by atoms with van der Waals surface area (Å²) in [6, 6.07) is 4.89. The summed E-state index contributed by atoms with van der Waals surface area (Å²) in [5.74, 6) is 0.0472. The molecule has 3 rings (SSSR count). The fourth-order valence-electron chi connectivity index (χ4n) is 3.78. The van der Waals surface area contributed by atoms with Crippen LogP contribution in [0.5, 0.6) is 5.75 Å². The third-order valence-electron chi connectivity index (χ3n) is 5.12. The number of rotatable bonds is 4. The summed E-state index contributed by atoms with van der Waals surface area (Å²) in [5, 5.41) is 5.48. The van der Waals surface area contributed by atoms with Gasteiger partial charge in [-0.15, -0.1) is 0 Å². The molecule has 0 unspecified atom stereocenters. The van der Waals surface area contributed by atoms with Crippen LogP contribution in [0, 0.1) is 0 Å². The van der Waals surface area contributed by atoms with Gasteiger partial charge in [0, 0.05) is 26.2 Å². The van der Waals surface area contributed by atoms with Crippen molar-refractivity contribution in [2.75, 3.05) is 25.5 Å². The normalized spacial score (nSPS) is 24.2. The molecular formula is C20H27N3O5. The van der Waals surface area contributed by atoms with Gasteiger partial charge in [0.25, 0.3) is 5.91 Å². The Morgan fingerprint density at radius 1 is 1.29 bits per heavy atom. The maximum absolute atomic E-state index is 13.0. The van der Waals surface area contributed by atoms with Crippen molar-refractivity contribution in [1.82, 2.24) is 10.2 Å². The fourth-order valence-corrected chi connectivity index (χ4v) is 3.78. The molecule has 0 radical (unpaired) electrons. The van der Waals surface area contributed by atoms with Gasteiger partial charge in [-0.3, -0.25) is 14.4 Å². The van der Waals surface area contributed by atoms with Gasteiger partial charge in [-0.05, 0) is 38.0 Å². The van der Waals surface area contributed by atoms with E-state index in [1.807, 2.05) is 6.92 Å². The maximum atomic E-state index is 13.0. The molecule has 3 atom stereocenters. The topological polar surface area (TPSA) is 97.0 Å². The largest absolute Gasteiger partial charge is 0.490 e. The molecular weight excluding hydrogens is 362 g/mol. The third kappa shape index (κ3) is 4.44. The highest BCUT2D eigenvalue weighted by atomic mass is 16.5. The highest BCUT2D eigenvalue weighted by Gasteiger charge is 2.39. The standard InChI is InChI=1S/C20H27N3O5/c1-4-21-19(25)10-14-6-7-16-18(28-14)11-27-17-8-5-13(22-12(2)24)9-15(17)20(26)23(16)3/h5,8-9,14,16,18H,4,6-7,10-11H2,1-3H3,(H,21,25)(H,22,24)/t14-,16-,18+/m0/s1. The Kier molecular flexibility index (Phi) is 6.18. The SMILES string of the molecule is CCNC(=O)C[C@@H]1CC[C@H]2[C@@H](COc3ccc(NC(C)=O)cc3C(=O)N2C)O1. The van der Waals surface area contributed by atoms with Crippen molar-refractivity contribution in [2.45, 2.75) is 51.4 Å². The van der Waals surface area contributed by atoms with Crippen LogP contribution in [0.25, 0.3) is 0 Å². The summed E-state index contributed by atoms with van der Waals surface area (Å²) in [5.41, 5.74) is 0.965. The quantitative estimate of drug-likeness (QED) is 0.814. The van der Waals surface area contributed by atoms with Crippen molar-refractivity contribution in [2.24, 2.45) is 0 Å². The number of nitrogens with one attached hydrogen (secondary N) is 2. The molecule has 0 bridgehead atoms. The van der Waals surface area contributed by atoms with Crippen LogP contribution < -0.4 is 15.4 Å². The van der Waals surface area contributed by atoms with Gasteiger partial charge in [-0.2, -0.15) is 0 Å². The molecule has 8 nitrogen and oxygen atoms in total. The first kappa shape index (κ1) is 20.1. The Hall–Kier alpha value is -2.61. The zero-order valence-electron chi connectivity index (χ0n) is 16.5. The van der Waals surface area contributed by atoms with Crippen LogP contribution in [-0.2, 0) is 14.3 Å². The van der Waals surface area contributed by atoms with E-state index in [0.717, 1.165) is 6.42 Å². The minimum atomic E-state index is -0.301. The molecule has 2 heterocycles. The van der Waals surface area contributed by atoms with Gasteiger partial charge in [0.05, 0.1) is 24.1 Å². The number of anilines is 1. The zero-order valence-corrected chi connectivity index (χ0v) is 16.5. The summed E-state index contributed by atoms with van der Waals surface area (Å²) in [6.45, 7) is 4.19. The van der Waals surface area contributed by atoms with Gasteiger partial charge in [0.15, 0.2) is 0 Å². The van der Waals surface area contributed by atoms with Crippen molar-refractivity contribution < 1.29 is 23.9 Å². The number of fused-ring (bicyclic) bond motifs is 2. The predicted molar refractivity (Wildman–Crippen MR) is 103 cm³/mol. The van der Waals surface area contributed by atoms with Crippen molar-refractivity contribution >= 4 is 23.4 Å². The molecule has 8 heteroatoms. The van der Waals surface area contributed by atoms with Crippen LogP contribution in [0.15, 0.2) is 18.2 Å². The Labute approximate surface area is 164 Å². The highest BCUT2D eigenvalue weighted by Crippen LogP contribution is 2.32. The minimum absolute atomic E-state index is 0.0296. The highest BCUT2D eigenvalue weighted by molar-refractivity contribution is 5.99. The first-order valence-corrected chi connectivity index (χ1v) is 9.62. The molecule has 0 aliphatic carbocycles. The van der Waals surface area contributed by atoms with E-state index in [0.29, 0.717) is 43.0 Å². The van der Waals surface area contributed by atoms with Crippen molar-refractivity contribution in [3.05, 3.63) is 23.8 Å². The average Bonchev–Trinajstić information content (AvgIpc) is 2.65. The average molecular weight is 389 g/mol. The van der Waals surface area contributed by atoms with Crippen LogP contribution >= 0.6 is 0 Å². The lowest BCUT2D eigenvalue weighted by molar-refractivity contribution is -0.134. The first-order chi connectivity index (χ1) is 13.4. The van der Waals surface area contributed by atoms with Crippen molar-refractivity contribution in [1.29, 1.82) is 0 Å². The van der Waals surface area contributed by atoms with Crippen LogP contribution in [0.4, 0.5) is 5.69 Å².